The van der Waals surface area contributed by atoms with Crippen LogP contribution in [0.15, 0.2) is 229 Å². The van der Waals surface area contributed by atoms with Gasteiger partial charge < -0.3 is 8.98 Å². The van der Waals surface area contributed by atoms with Gasteiger partial charge in [0.25, 0.3) is 0 Å². The SMILES string of the molecule is CC1(C)c2ccccc2-c2c(-c3ccc4nc(-c5ccc(-c6cccc7c6c6ccccc6n7-c6ccccc6)cc5)nc(-c5ccc(-c6cccc7c6oc6ccccc67)cc5)c4c3)cccc21. The van der Waals surface area contributed by atoms with Crippen molar-refractivity contribution in [2.75, 3.05) is 0 Å². The zero-order valence-corrected chi connectivity index (χ0v) is 38.1. The van der Waals surface area contributed by atoms with Crippen molar-refractivity contribution >= 4 is 54.6 Å². The van der Waals surface area contributed by atoms with E-state index < -0.39 is 0 Å². The summed E-state index contributed by atoms with van der Waals surface area (Å²) in [5.74, 6) is 0.683. The molecular formula is C65H43N3O. The molecule has 1 aliphatic rings. The third kappa shape index (κ3) is 6.02. The third-order valence-electron chi connectivity index (χ3n) is 14.7. The molecule has 0 bridgehead atoms. The summed E-state index contributed by atoms with van der Waals surface area (Å²) in [6.45, 7) is 4.68. The fourth-order valence-corrected chi connectivity index (χ4v) is 11.3. The molecule has 4 nitrogen and oxygen atoms in total. The molecule has 0 atom stereocenters. The maximum atomic E-state index is 6.47. The number of para-hydroxylation sites is 4. The lowest BCUT2D eigenvalue weighted by Gasteiger charge is -2.21. The van der Waals surface area contributed by atoms with Gasteiger partial charge in [0.15, 0.2) is 5.82 Å². The molecular weight excluding hydrogens is 839 g/mol. The summed E-state index contributed by atoms with van der Waals surface area (Å²) < 4.78 is 8.84. The minimum Gasteiger partial charge on any atom is -0.455 e. The molecule has 10 aromatic carbocycles. The molecule has 0 spiro atoms. The summed E-state index contributed by atoms with van der Waals surface area (Å²) >= 11 is 0. The molecule has 1 aliphatic carbocycles. The third-order valence-corrected chi connectivity index (χ3v) is 14.7. The summed E-state index contributed by atoms with van der Waals surface area (Å²) in [7, 11) is 0. The molecule has 0 N–H and O–H groups in total. The van der Waals surface area contributed by atoms with E-state index in [9.17, 15) is 0 Å². The van der Waals surface area contributed by atoms with E-state index in [-0.39, 0.29) is 5.41 Å². The molecule has 4 heteroatoms. The Morgan fingerprint density at radius 3 is 1.86 bits per heavy atom. The van der Waals surface area contributed by atoms with E-state index in [1.165, 1.54) is 55.2 Å². The van der Waals surface area contributed by atoms with Crippen molar-refractivity contribution in [1.82, 2.24) is 14.5 Å². The number of hydrogen-bond acceptors (Lipinski definition) is 3. The molecule has 0 amide bonds. The number of benzene rings is 10. The number of nitrogens with zero attached hydrogens (tertiary/aromatic N) is 3. The molecule has 0 saturated carbocycles. The van der Waals surface area contributed by atoms with Crippen LogP contribution in [0.1, 0.15) is 25.0 Å². The first kappa shape index (κ1) is 39.3. The van der Waals surface area contributed by atoms with Gasteiger partial charge in [0, 0.05) is 54.7 Å². The second-order valence-corrected chi connectivity index (χ2v) is 18.8. The van der Waals surface area contributed by atoms with Gasteiger partial charge in [-0.2, -0.15) is 0 Å². The smallest absolute Gasteiger partial charge is 0.160 e. The van der Waals surface area contributed by atoms with Crippen molar-refractivity contribution in [2.45, 2.75) is 19.3 Å². The molecule has 0 fully saturated rings. The van der Waals surface area contributed by atoms with Crippen LogP contribution >= 0.6 is 0 Å². The highest BCUT2D eigenvalue weighted by molar-refractivity contribution is 6.16. The Kier molecular flexibility index (Phi) is 8.59. The standard InChI is InChI=1S/C65H43N3O/c1-65(2)54-24-9-6-18-51(54)60-47(20-13-25-55(60)65)44-37-38-56-53(39-44)62(42-33-29-41(30-34-42)48-22-12-23-50-49-17-8-11-28-59(49)69-63(48)50)67-64(66-56)43-35-31-40(32-36-43)46-21-14-27-58-61(46)52-19-7-10-26-57(52)68(58)45-15-4-3-5-16-45/h3-39H,1-2H3. The molecule has 3 aromatic heterocycles. The fraction of sp³-hybridized carbons (Fsp3) is 0.0462. The topological polar surface area (TPSA) is 43.9 Å². The molecule has 13 aromatic rings. The number of furan rings is 1. The average Bonchev–Trinajstić information content (AvgIpc) is 4.04. The van der Waals surface area contributed by atoms with Gasteiger partial charge in [-0.25, -0.2) is 9.97 Å². The van der Waals surface area contributed by atoms with E-state index >= 15 is 0 Å². The van der Waals surface area contributed by atoms with E-state index in [1.54, 1.807) is 0 Å². The molecule has 69 heavy (non-hydrogen) atoms. The first-order valence-corrected chi connectivity index (χ1v) is 23.7. The minimum atomic E-state index is -0.0977. The van der Waals surface area contributed by atoms with Gasteiger partial charge in [-0.3, -0.25) is 0 Å². The zero-order chi connectivity index (χ0) is 45.8. The van der Waals surface area contributed by atoms with Gasteiger partial charge in [0.05, 0.1) is 22.2 Å². The highest BCUT2D eigenvalue weighted by Gasteiger charge is 2.36. The molecule has 324 valence electrons. The van der Waals surface area contributed by atoms with Crippen molar-refractivity contribution in [1.29, 1.82) is 0 Å². The normalized spacial score (nSPS) is 12.9. The largest absolute Gasteiger partial charge is 0.455 e. The Balaban J connectivity index is 0.913. The lowest BCUT2D eigenvalue weighted by atomic mass is 9.82. The molecule has 0 aliphatic heterocycles. The van der Waals surface area contributed by atoms with Crippen LogP contribution in [0, 0.1) is 0 Å². The highest BCUT2D eigenvalue weighted by atomic mass is 16.3. The number of rotatable bonds is 6. The molecule has 0 saturated heterocycles. The van der Waals surface area contributed by atoms with Crippen LogP contribution in [0.3, 0.4) is 0 Å². The van der Waals surface area contributed by atoms with Crippen molar-refractivity contribution in [3.63, 3.8) is 0 Å². The summed E-state index contributed by atoms with van der Waals surface area (Å²) in [6.07, 6.45) is 0. The first-order valence-electron chi connectivity index (χ1n) is 23.7. The Morgan fingerprint density at radius 1 is 0.406 bits per heavy atom. The summed E-state index contributed by atoms with van der Waals surface area (Å²) in [4.78, 5) is 10.8. The Bertz CT molecular complexity index is 4200. The predicted molar refractivity (Wildman–Crippen MR) is 286 cm³/mol. The molecule has 0 unspecified atom stereocenters. The van der Waals surface area contributed by atoms with Crippen LogP contribution < -0.4 is 0 Å². The van der Waals surface area contributed by atoms with Crippen LogP contribution in [0.4, 0.5) is 0 Å². The molecule has 14 rings (SSSR count). The van der Waals surface area contributed by atoms with Gasteiger partial charge >= 0.3 is 0 Å². The van der Waals surface area contributed by atoms with Gasteiger partial charge in [0.2, 0.25) is 0 Å². The van der Waals surface area contributed by atoms with Gasteiger partial charge in [0.1, 0.15) is 11.2 Å². The van der Waals surface area contributed by atoms with Crippen molar-refractivity contribution in [3.05, 3.63) is 236 Å². The zero-order valence-electron chi connectivity index (χ0n) is 38.1. The second kappa shape index (κ2) is 15.1. The van der Waals surface area contributed by atoms with E-state index in [0.29, 0.717) is 5.82 Å². The average molecular weight is 882 g/mol. The minimum absolute atomic E-state index is 0.0977. The summed E-state index contributed by atoms with van der Waals surface area (Å²) in [5, 5.41) is 5.71. The van der Waals surface area contributed by atoms with E-state index in [2.05, 4.69) is 231 Å². The van der Waals surface area contributed by atoms with Gasteiger partial charge in [-0.15, -0.1) is 0 Å². The van der Waals surface area contributed by atoms with Crippen LogP contribution in [0.2, 0.25) is 0 Å². The number of fused-ring (bicyclic) bond motifs is 10. The van der Waals surface area contributed by atoms with Crippen LogP contribution in [-0.2, 0) is 5.41 Å². The number of hydrogen-bond donors (Lipinski definition) is 0. The van der Waals surface area contributed by atoms with Crippen molar-refractivity contribution in [3.8, 4) is 72.8 Å². The maximum absolute atomic E-state index is 6.47. The van der Waals surface area contributed by atoms with Gasteiger partial charge in [-0.05, 0) is 92.5 Å². The summed E-state index contributed by atoms with van der Waals surface area (Å²) in [6, 6.07) is 80.6. The monoisotopic (exact) mass is 881 g/mol. The Hall–Kier alpha value is -8.86. The summed E-state index contributed by atoms with van der Waals surface area (Å²) in [5.41, 5.74) is 21.1. The molecule has 3 heterocycles. The van der Waals surface area contributed by atoms with Gasteiger partial charge in [-0.1, -0.05) is 196 Å². The first-order chi connectivity index (χ1) is 34.0. The maximum Gasteiger partial charge on any atom is 0.160 e. The Labute approximate surface area is 399 Å². The molecule has 0 radical (unpaired) electrons. The lowest BCUT2D eigenvalue weighted by molar-refractivity contribution is 0.660. The second-order valence-electron chi connectivity index (χ2n) is 18.8. The fourth-order valence-electron chi connectivity index (χ4n) is 11.3. The van der Waals surface area contributed by atoms with Crippen LogP contribution in [0.5, 0.6) is 0 Å². The van der Waals surface area contributed by atoms with Crippen LogP contribution in [0.25, 0.3) is 127 Å². The lowest BCUT2D eigenvalue weighted by Crippen LogP contribution is -2.14. The highest BCUT2D eigenvalue weighted by Crippen LogP contribution is 2.52. The predicted octanol–water partition coefficient (Wildman–Crippen LogP) is 17.3. The van der Waals surface area contributed by atoms with Crippen LogP contribution in [-0.4, -0.2) is 14.5 Å². The quantitative estimate of drug-likeness (QED) is 0.167. The van der Waals surface area contributed by atoms with E-state index in [4.69, 9.17) is 14.4 Å². The van der Waals surface area contributed by atoms with Crippen molar-refractivity contribution < 1.29 is 4.42 Å². The Morgan fingerprint density at radius 2 is 1.00 bits per heavy atom. The van der Waals surface area contributed by atoms with E-state index in [1.807, 2.05) is 12.1 Å². The number of aromatic nitrogens is 3. The van der Waals surface area contributed by atoms with E-state index in [0.717, 1.165) is 77.6 Å². The van der Waals surface area contributed by atoms with Crippen molar-refractivity contribution in [2.24, 2.45) is 0 Å².